The lowest BCUT2D eigenvalue weighted by molar-refractivity contribution is 0.624. The van der Waals surface area contributed by atoms with E-state index < -0.39 is 0 Å². The van der Waals surface area contributed by atoms with Gasteiger partial charge in [-0.1, -0.05) is 6.07 Å². The van der Waals surface area contributed by atoms with Gasteiger partial charge in [0.1, 0.15) is 0 Å². The number of aromatic amines is 1. The highest BCUT2D eigenvalue weighted by atomic mass is 16.3. The quantitative estimate of drug-likeness (QED) is 0.522. The zero-order chi connectivity index (χ0) is 16.6. The van der Waals surface area contributed by atoms with E-state index in [1.807, 2.05) is 24.3 Å². The maximum Gasteiger partial charge on any atom is 0.197 e. The first-order valence-corrected chi connectivity index (χ1v) is 7.73. The lowest BCUT2D eigenvalue weighted by Gasteiger charge is -2.08. The van der Waals surface area contributed by atoms with Crippen LogP contribution in [0, 0.1) is 0 Å². The van der Waals surface area contributed by atoms with Crippen molar-refractivity contribution >= 4 is 33.2 Å². The van der Waals surface area contributed by atoms with Crippen LogP contribution in [0.4, 0.5) is 11.4 Å². The number of nitrogens with one attached hydrogen (secondary N) is 2. The summed E-state index contributed by atoms with van der Waals surface area (Å²) in [5.41, 5.74) is 3.35. The van der Waals surface area contributed by atoms with Gasteiger partial charge in [0, 0.05) is 35.1 Å². The molecule has 4 heterocycles. The van der Waals surface area contributed by atoms with E-state index in [1.165, 1.54) is 0 Å². The Balaban J connectivity index is 1.73. The first-order valence-electron chi connectivity index (χ1n) is 7.73. The Morgan fingerprint density at radius 1 is 0.920 bits per heavy atom. The molecule has 0 aliphatic heterocycles. The maximum atomic E-state index is 5.98. The number of hydrogen-bond donors (Lipinski definition) is 2. The zero-order valence-electron chi connectivity index (χ0n) is 13.0. The Kier molecular flexibility index (Phi) is 2.96. The summed E-state index contributed by atoms with van der Waals surface area (Å²) >= 11 is 0. The largest absolute Gasteiger partial charge is 0.449 e. The van der Waals surface area contributed by atoms with Crippen molar-refractivity contribution in [1.29, 1.82) is 0 Å². The molecule has 0 spiro atoms. The van der Waals surface area contributed by atoms with Gasteiger partial charge in [-0.25, -0.2) is 9.97 Å². The minimum Gasteiger partial charge on any atom is -0.449 e. The molecule has 0 unspecified atom stereocenters. The van der Waals surface area contributed by atoms with Gasteiger partial charge in [-0.05, 0) is 24.3 Å². The number of aromatic nitrogens is 5. The van der Waals surface area contributed by atoms with E-state index in [9.17, 15) is 0 Å². The van der Waals surface area contributed by atoms with Gasteiger partial charge in [-0.3, -0.25) is 10.1 Å². The van der Waals surface area contributed by atoms with Crippen molar-refractivity contribution in [1.82, 2.24) is 25.1 Å². The summed E-state index contributed by atoms with van der Waals surface area (Å²) in [5, 5.41) is 12.5. The number of hydrogen-bond acceptors (Lipinski definition) is 6. The van der Waals surface area contributed by atoms with Crippen molar-refractivity contribution < 1.29 is 4.42 Å². The minimum atomic E-state index is 0.514. The highest BCUT2D eigenvalue weighted by molar-refractivity contribution is 6.02. The lowest BCUT2D eigenvalue weighted by atomic mass is 10.2. The molecule has 0 aliphatic rings. The van der Waals surface area contributed by atoms with Crippen molar-refractivity contribution in [2.45, 2.75) is 0 Å². The minimum absolute atomic E-state index is 0.514. The van der Waals surface area contributed by atoms with Gasteiger partial charge < -0.3 is 9.73 Å². The second-order valence-electron chi connectivity index (χ2n) is 5.51. The molecule has 0 bridgehead atoms. The van der Waals surface area contributed by atoms with Gasteiger partial charge in [0.15, 0.2) is 17.2 Å². The highest BCUT2D eigenvalue weighted by Gasteiger charge is 2.19. The number of fused-ring (bicyclic) bond motifs is 2. The molecule has 0 atom stereocenters. The molecule has 5 aromatic rings. The van der Waals surface area contributed by atoms with E-state index >= 15 is 0 Å². The van der Waals surface area contributed by atoms with Crippen LogP contribution in [0.2, 0.25) is 0 Å². The molecule has 0 aliphatic carbocycles. The highest BCUT2D eigenvalue weighted by Crippen LogP contribution is 2.38. The molecule has 4 aromatic heterocycles. The van der Waals surface area contributed by atoms with E-state index in [4.69, 9.17) is 4.42 Å². The van der Waals surface area contributed by atoms with Crippen molar-refractivity contribution in [3.8, 4) is 11.6 Å². The molecule has 120 valence electrons. The number of anilines is 2. The van der Waals surface area contributed by atoms with Crippen LogP contribution in [0.15, 0.2) is 65.7 Å². The van der Waals surface area contributed by atoms with Crippen LogP contribution in [0.1, 0.15) is 0 Å². The summed E-state index contributed by atoms with van der Waals surface area (Å²) in [6, 6.07) is 9.61. The molecule has 0 fully saturated rings. The third-order valence-corrected chi connectivity index (χ3v) is 4.01. The summed E-state index contributed by atoms with van der Waals surface area (Å²) in [6.45, 7) is 0. The maximum absolute atomic E-state index is 5.98. The number of pyridine rings is 1. The third-order valence-electron chi connectivity index (χ3n) is 4.01. The fourth-order valence-electron chi connectivity index (χ4n) is 2.86. The molecule has 0 radical (unpaired) electrons. The van der Waals surface area contributed by atoms with Crippen LogP contribution < -0.4 is 5.32 Å². The number of H-pyrrole nitrogens is 1. The van der Waals surface area contributed by atoms with Gasteiger partial charge in [-0.2, -0.15) is 5.10 Å². The zero-order valence-corrected chi connectivity index (χ0v) is 13.0. The fourth-order valence-corrected chi connectivity index (χ4v) is 2.86. The Labute approximate surface area is 141 Å². The number of nitrogens with zero attached hydrogens (tertiary/aromatic N) is 4. The molecule has 0 saturated carbocycles. The average molecular weight is 328 g/mol. The molecular weight excluding hydrogens is 316 g/mol. The summed E-state index contributed by atoms with van der Waals surface area (Å²) in [6.07, 6.45) is 8.59. The number of benzene rings is 1. The van der Waals surface area contributed by atoms with Crippen molar-refractivity contribution in [2.24, 2.45) is 0 Å². The first kappa shape index (κ1) is 13.7. The smallest absolute Gasteiger partial charge is 0.197 e. The molecule has 5 rings (SSSR count). The topological polar surface area (TPSA) is 92.5 Å². The van der Waals surface area contributed by atoms with Crippen LogP contribution in [-0.4, -0.2) is 25.1 Å². The number of furan rings is 1. The molecule has 25 heavy (non-hydrogen) atoms. The van der Waals surface area contributed by atoms with Crippen LogP contribution in [0.3, 0.4) is 0 Å². The SMILES string of the molecule is c1cnc(-c2oc3cnccc3c2Nc2cccc3[nH]ncc23)nc1. The van der Waals surface area contributed by atoms with Crippen molar-refractivity contribution in [3.05, 3.63) is 61.3 Å². The van der Waals surface area contributed by atoms with Crippen LogP contribution in [0.25, 0.3) is 33.5 Å². The standard InChI is InChI=1S/C18H12N6O/c1-3-13(12-9-22-24-14(12)4-1)23-16-11-5-8-19-10-15(11)25-17(16)18-20-6-2-7-21-18/h1-10,23H,(H,22,24). The van der Waals surface area contributed by atoms with E-state index in [1.54, 1.807) is 37.1 Å². The Morgan fingerprint density at radius 3 is 2.76 bits per heavy atom. The van der Waals surface area contributed by atoms with E-state index in [2.05, 4.69) is 30.5 Å². The van der Waals surface area contributed by atoms with E-state index in [-0.39, 0.29) is 0 Å². The Morgan fingerprint density at radius 2 is 1.84 bits per heavy atom. The van der Waals surface area contributed by atoms with Gasteiger partial charge in [0.2, 0.25) is 0 Å². The van der Waals surface area contributed by atoms with E-state index in [0.717, 1.165) is 27.7 Å². The summed E-state index contributed by atoms with van der Waals surface area (Å²) in [4.78, 5) is 12.8. The monoisotopic (exact) mass is 328 g/mol. The second kappa shape index (κ2) is 5.41. The third kappa shape index (κ3) is 2.21. The van der Waals surface area contributed by atoms with Crippen molar-refractivity contribution in [3.63, 3.8) is 0 Å². The van der Waals surface area contributed by atoms with Gasteiger partial charge >= 0.3 is 0 Å². The second-order valence-corrected chi connectivity index (χ2v) is 5.51. The Bertz CT molecular complexity index is 1180. The van der Waals surface area contributed by atoms with E-state index in [0.29, 0.717) is 17.2 Å². The summed E-state index contributed by atoms with van der Waals surface area (Å²) in [7, 11) is 0. The molecule has 7 nitrogen and oxygen atoms in total. The molecular formula is C18H12N6O. The first-order chi connectivity index (χ1) is 12.4. The molecule has 7 heteroatoms. The van der Waals surface area contributed by atoms with Gasteiger partial charge in [-0.15, -0.1) is 0 Å². The molecule has 2 N–H and O–H groups in total. The Hall–Kier alpha value is -3.74. The van der Waals surface area contributed by atoms with Crippen LogP contribution in [0.5, 0.6) is 0 Å². The summed E-state index contributed by atoms with van der Waals surface area (Å²) < 4.78 is 5.98. The molecule has 0 amide bonds. The normalized spacial score (nSPS) is 11.2. The predicted molar refractivity (Wildman–Crippen MR) is 94.4 cm³/mol. The van der Waals surface area contributed by atoms with Crippen molar-refractivity contribution in [2.75, 3.05) is 5.32 Å². The van der Waals surface area contributed by atoms with Gasteiger partial charge in [0.25, 0.3) is 0 Å². The molecule has 1 aromatic carbocycles. The van der Waals surface area contributed by atoms with Gasteiger partial charge in [0.05, 0.1) is 23.6 Å². The van der Waals surface area contributed by atoms with Crippen LogP contribution in [-0.2, 0) is 0 Å². The molecule has 0 saturated heterocycles. The number of rotatable bonds is 3. The van der Waals surface area contributed by atoms with Crippen LogP contribution >= 0.6 is 0 Å². The fraction of sp³-hybridized carbons (Fsp3) is 0. The predicted octanol–water partition coefficient (Wildman–Crippen LogP) is 3.90. The summed E-state index contributed by atoms with van der Waals surface area (Å²) in [5.74, 6) is 1.09. The lowest BCUT2D eigenvalue weighted by Crippen LogP contribution is -1.94. The average Bonchev–Trinajstić information content (AvgIpc) is 3.28.